The van der Waals surface area contributed by atoms with Gasteiger partial charge in [0.2, 0.25) is 0 Å². The van der Waals surface area contributed by atoms with Gasteiger partial charge in [0, 0.05) is 6.42 Å². The minimum atomic E-state index is -0.296. The summed E-state index contributed by atoms with van der Waals surface area (Å²) >= 11 is 1.09. The molecule has 1 aromatic carbocycles. The fourth-order valence-electron chi connectivity index (χ4n) is 1.58. The van der Waals surface area contributed by atoms with Crippen LogP contribution in [-0.4, -0.2) is 6.29 Å². The van der Waals surface area contributed by atoms with E-state index in [2.05, 4.69) is 0 Å². The Bertz CT molecular complexity index is 538. The Balaban J connectivity index is 2.59. The van der Waals surface area contributed by atoms with Gasteiger partial charge in [0.25, 0.3) is 0 Å². The maximum atomic E-state index is 11.1. The van der Waals surface area contributed by atoms with Gasteiger partial charge in [-0.05, 0) is 17.5 Å². The van der Waals surface area contributed by atoms with Crippen LogP contribution in [0, 0.1) is 0 Å². The third-order valence-corrected chi connectivity index (χ3v) is 3.16. The van der Waals surface area contributed by atoms with Crippen LogP contribution in [0.5, 0.6) is 0 Å². The van der Waals surface area contributed by atoms with Gasteiger partial charge in [-0.3, -0.25) is 0 Å². The van der Waals surface area contributed by atoms with E-state index in [1.807, 2.05) is 25.1 Å². The summed E-state index contributed by atoms with van der Waals surface area (Å²) in [5.74, 6) is 0.0870. The third kappa shape index (κ3) is 1.85. The standard InChI is InChI=1S/C11H10O3S/c1-7(5-6-12)8-3-2-4-9-10(8)14-11(13)15-9/h2-4,6-7H,5H2,1H3. The van der Waals surface area contributed by atoms with Crippen LogP contribution >= 0.6 is 11.3 Å². The van der Waals surface area contributed by atoms with E-state index in [-0.39, 0.29) is 10.9 Å². The number of carbonyl (C=O) groups excluding carboxylic acids is 1. The van der Waals surface area contributed by atoms with Gasteiger partial charge in [-0.25, -0.2) is 4.79 Å². The lowest BCUT2D eigenvalue weighted by atomic mass is 9.98. The highest BCUT2D eigenvalue weighted by Gasteiger charge is 2.12. The van der Waals surface area contributed by atoms with Gasteiger partial charge in [0.1, 0.15) is 6.29 Å². The first-order chi connectivity index (χ1) is 7.22. The number of aldehydes is 1. The molecule has 0 aliphatic heterocycles. The van der Waals surface area contributed by atoms with Crippen molar-refractivity contribution in [3.63, 3.8) is 0 Å². The predicted molar refractivity (Wildman–Crippen MR) is 59.5 cm³/mol. The lowest BCUT2D eigenvalue weighted by Gasteiger charge is -2.07. The van der Waals surface area contributed by atoms with Crippen LogP contribution in [0.15, 0.2) is 27.4 Å². The monoisotopic (exact) mass is 222 g/mol. The number of para-hydroxylation sites is 1. The molecular formula is C11H10O3S. The second-order valence-corrected chi connectivity index (χ2v) is 4.41. The Morgan fingerprint density at radius 2 is 2.33 bits per heavy atom. The van der Waals surface area contributed by atoms with Crippen molar-refractivity contribution >= 4 is 27.9 Å². The van der Waals surface area contributed by atoms with Crippen molar-refractivity contribution in [1.29, 1.82) is 0 Å². The van der Waals surface area contributed by atoms with Crippen molar-refractivity contribution in [3.05, 3.63) is 33.5 Å². The molecule has 0 spiro atoms. The van der Waals surface area contributed by atoms with Crippen molar-refractivity contribution in [1.82, 2.24) is 0 Å². The highest BCUT2D eigenvalue weighted by atomic mass is 32.1. The number of rotatable bonds is 3. The number of hydrogen-bond acceptors (Lipinski definition) is 4. The summed E-state index contributed by atoms with van der Waals surface area (Å²) in [5.41, 5.74) is 1.56. The zero-order chi connectivity index (χ0) is 10.8. The van der Waals surface area contributed by atoms with Crippen LogP contribution in [0.2, 0.25) is 0 Å². The normalized spacial score (nSPS) is 12.9. The third-order valence-electron chi connectivity index (χ3n) is 2.37. The van der Waals surface area contributed by atoms with E-state index < -0.39 is 0 Å². The van der Waals surface area contributed by atoms with Crippen LogP contribution in [-0.2, 0) is 4.79 Å². The lowest BCUT2D eigenvalue weighted by Crippen LogP contribution is -1.94. The molecule has 0 saturated carbocycles. The number of hydrogen-bond donors (Lipinski definition) is 0. The fourth-order valence-corrected chi connectivity index (χ4v) is 2.28. The second kappa shape index (κ2) is 3.98. The molecule has 0 bridgehead atoms. The van der Waals surface area contributed by atoms with Crippen LogP contribution < -0.4 is 4.94 Å². The van der Waals surface area contributed by atoms with Crippen molar-refractivity contribution in [2.45, 2.75) is 19.3 Å². The van der Waals surface area contributed by atoms with E-state index in [4.69, 9.17) is 4.42 Å². The van der Waals surface area contributed by atoms with Gasteiger partial charge in [0.05, 0.1) is 4.70 Å². The second-order valence-electron chi connectivity index (χ2n) is 3.43. The molecule has 0 fully saturated rings. The molecule has 0 amide bonds. The quantitative estimate of drug-likeness (QED) is 0.750. The summed E-state index contributed by atoms with van der Waals surface area (Å²) in [6.07, 6.45) is 1.33. The summed E-state index contributed by atoms with van der Waals surface area (Å²) in [5, 5.41) is 0. The van der Waals surface area contributed by atoms with Gasteiger partial charge in [-0.2, -0.15) is 0 Å². The van der Waals surface area contributed by atoms with Crippen molar-refractivity contribution < 1.29 is 9.21 Å². The van der Waals surface area contributed by atoms with E-state index in [0.717, 1.165) is 27.9 Å². The van der Waals surface area contributed by atoms with Crippen molar-refractivity contribution in [2.24, 2.45) is 0 Å². The van der Waals surface area contributed by atoms with Crippen LogP contribution in [0.4, 0.5) is 0 Å². The molecule has 78 valence electrons. The first kappa shape index (κ1) is 10.1. The number of carbonyl (C=O) groups is 1. The minimum absolute atomic E-state index is 0.0870. The Morgan fingerprint density at radius 3 is 3.07 bits per heavy atom. The summed E-state index contributed by atoms with van der Waals surface area (Å²) in [4.78, 5) is 21.2. The molecule has 3 nitrogen and oxygen atoms in total. The molecule has 4 heteroatoms. The molecule has 0 N–H and O–H groups in total. The Hall–Kier alpha value is -1.42. The average molecular weight is 222 g/mol. The smallest absolute Gasteiger partial charge is 0.396 e. The van der Waals surface area contributed by atoms with Crippen molar-refractivity contribution in [3.8, 4) is 0 Å². The maximum Gasteiger partial charge on any atom is 0.396 e. The lowest BCUT2D eigenvalue weighted by molar-refractivity contribution is -0.108. The molecule has 15 heavy (non-hydrogen) atoms. The highest BCUT2D eigenvalue weighted by Crippen LogP contribution is 2.28. The summed E-state index contributed by atoms with van der Waals surface area (Å²) in [6.45, 7) is 1.95. The molecule has 1 unspecified atom stereocenters. The van der Waals surface area contributed by atoms with E-state index >= 15 is 0 Å². The van der Waals surface area contributed by atoms with Gasteiger partial charge in [0.15, 0.2) is 5.58 Å². The maximum absolute atomic E-state index is 11.1. The van der Waals surface area contributed by atoms with E-state index in [1.54, 1.807) is 0 Å². The average Bonchev–Trinajstić information content (AvgIpc) is 2.57. The first-order valence-electron chi connectivity index (χ1n) is 4.68. The molecule has 1 heterocycles. The Kier molecular flexibility index (Phi) is 2.68. The zero-order valence-electron chi connectivity index (χ0n) is 8.23. The molecule has 0 saturated heterocycles. The van der Waals surface area contributed by atoms with E-state index in [9.17, 15) is 9.59 Å². The minimum Gasteiger partial charge on any atom is -0.414 e. The molecule has 2 rings (SSSR count). The topological polar surface area (TPSA) is 47.3 Å². The molecule has 0 aliphatic rings. The van der Waals surface area contributed by atoms with Gasteiger partial charge in [-0.1, -0.05) is 30.4 Å². The van der Waals surface area contributed by atoms with Gasteiger partial charge < -0.3 is 9.21 Å². The number of fused-ring (bicyclic) bond motifs is 1. The highest BCUT2D eigenvalue weighted by molar-refractivity contribution is 7.16. The van der Waals surface area contributed by atoms with Crippen molar-refractivity contribution in [2.75, 3.05) is 0 Å². The Morgan fingerprint density at radius 1 is 1.53 bits per heavy atom. The summed E-state index contributed by atoms with van der Waals surface area (Å²) in [7, 11) is 0. The largest absolute Gasteiger partial charge is 0.414 e. The summed E-state index contributed by atoms with van der Waals surface area (Å²) in [6, 6.07) is 5.62. The molecule has 1 atom stereocenters. The Labute approximate surface area is 90.3 Å². The molecule has 2 aromatic rings. The molecule has 0 aliphatic carbocycles. The van der Waals surface area contributed by atoms with E-state index in [1.165, 1.54) is 0 Å². The zero-order valence-corrected chi connectivity index (χ0v) is 9.04. The van der Waals surface area contributed by atoms with E-state index in [0.29, 0.717) is 12.0 Å². The SMILES string of the molecule is CC(CC=O)c1cccc2sc(=O)oc12. The number of benzene rings is 1. The molecule has 0 radical (unpaired) electrons. The van der Waals surface area contributed by atoms with Gasteiger partial charge in [-0.15, -0.1) is 0 Å². The molecule has 1 aromatic heterocycles. The first-order valence-corrected chi connectivity index (χ1v) is 5.50. The summed E-state index contributed by atoms with van der Waals surface area (Å²) < 4.78 is 5.96. The fraction of sp³-hybridized carbons (Fsp3) is 0.273. The van der Waals surface area contributed by atoms with Crippen LogP contribution in [0.3, 0.4) is 0 Å². The predicted octanol–water partition coefficient (Wildman–Crippen LogP) is 2.55. The molecular weight excluding hydrogens is 212 g/mol. The van der Waals surface area contributed by atoms with Gasteiger partial charge >= 0.3 is 4.94 Å². The van der Waals surface area contributed by atoms with Crippen LogP contribution in [0.1, 0.15) is 24.8 Å². The van der Waals surface area contributed by atoms with Crippen LogP contribution in [0.25, 0.3) is 10.3 Å².